The first kappa shape index (κ1) is 14.5. The molecular formula is C14H21NO3S. The number of hydrogen-bond acceptors (Lipinski definition) is 4. The molecule has 0 aromatic heterocycles. The molecule has 19 heavy (non-hydrogen) atoms. The van der Waals surface area contributed by atoms with E-state index in [1.807, 2.05) is 37.3 Å². The minimum absolute atomic E-state index is 0.117. The highest BCUT2D eigenvalue weighted by Gasteiger charge is 2.37. The molecule has 1 fully saturated rings. The number of hydrogen-bond donors (Lipinski definition) is 1. The van der Waals surface area contributed by atoms with Gasteiger partial charge in [0.05, 0.1) is 17.1 Å². The van der Waals surface area contributed by atoms with Crippen LogP contribution in [-0.2, 0) is 14.6 Å². The maximum atomic E-state index is 12.5. The van der Waals surface area contributed by atoms with E-state index in [1.165, 1.54) is 0 Å². The first-order valence-electron chi connectivity index (χ1n) is 6.60. The molecule has 4 nitrogen and oxygen atoms in total. The van der Waals surface area contributed by atoms with E-state index in [4.69, 9.17) is 4.74 Å². The van der Waals surface area contributed by atoms with Crippen molar-refractivity contribution in [1.29, 1.82) is 0 Å². The summed E-state index contributed by atoms with van der Waals surface area (Å²) in [6.45, 7) is 2.38. The Hall–Kier alpha value is -0.910. The topological polar surface area (TPSA) is 55.4 Å². The molecule has 0 bridgehead atoms. The van der Waals surface area contributed by atoms with Gasteiger partial charge >= 0.3 is 0 Å². The molecule has 0 aliphatic carbocycles. The van der Waals surface area contributed by atoms with Crippen LogP contribution in [0.4, 0.5) is 0 Å². The number of rotatable bonds is 5. The Kier molecular flexibility index (Phi) is 4.60. The van der Waals surface area contributed by atoms with Gasteiger partial charge in [-0.2, -0.15) is 0 Å². The minimum Gasteiger partial charge on any atom is -0.377 e. The summed E-state index contributed by atoms with van der Waals surface area (Å²) in [4.78, 5) is 0. The number of nitrogens with one attached hydrogen (secondary N) is 1. The molecule has 2 rings (SSSR count). The molecular weight excluding hydrogens is 262 g/mol. The Labute approximate surface area is 115 Å². The lowest BCUT2D eigenvalue weighted by Crippen LogP contribution is -2.35. The van der Waals surface area contributed by atoms with Gasteiger partial charge in [-0.1, -0.05) is 30.3 Å². The largest absolute Gasteiger partial charge is 0.377 e. The van der Waals surface area contributed by atoms with E-state index in [0.29, 0.717) is 13.0 Å². The molecule has 1 heterocycles. The van der Waals surface area contributed by atoms with E-state index >= 15 is 0 Å². The first-order chi connectivity index (χ1) is 9.04. The summed E-state index contributed by atoms with van der Waals surface area (Å²) in [6, 6.07) is 9.51. The standard InChI is InChI=1S/C14H21NO3S/c1-11-14(8-9-18-11)19(16,17)10-13(15-2)12-6-4-3-5-7-12/h3-7,11,13-15H,8-10H2,1-2H3. The molecule has 1 aliphatic heterocycles. The SMILES string of the molecule is CNC(CS(=O)(=O)C1CCOC1C)c1ccccc1. The maximum Gasteiger partial charge on any atom is 0.157 e. The summed E-state index contributed by atoms with van der Waals surface area (Å²) < 4.78 is 30.3. The van der Waals surface area contributed by atoms with Crippen LogP contribution < -0.4 is 5.32 Å². The highest BCUT2D eigenvalue weighted by molar-refractivity contribution is 7.92. The van der Waals surface area contributed by atoms with Gasteiger partial charge in [0, 0.05) is 12.6 Å². The van der Waals surface area contributed by atoms with Crippen LogP contribution in [0, 0.1) is 0 Å². The summed E-state index contributed by atoms with van der Waals surface area (Å²) in [5.41, 5.74) is 1.00. The average Bonchev–Trinajstić information content (AvgIpc) is 2.84. The Morgan fingerprint density at radius 3 is 2.58 bits per heavy atom. The lowest BCUT2D eigenvalue weighted by Gasteiger charge is -2.21. The van der Waals surface area contributed by atoms with Gasteiger partial charge in [0.1, 0.15) is 0 Å². The fourth-order valence-corrected chi connectivity index (χ4v) is 4.76. The third-order valence-corrected chi connectivity index (χ3v) is 6.06. The van der Waals surface area contributed by atoms with Crippen molar-refractivity contribution >= 4 is 9.84 Å². The zero-order valence-electron chi connectivity index (χ0n) is 11.4. The van der Waals surface area contributed by atoms with Crippen LogP contribution in [-0.4, -0.2) is 39.2 Å². The molecule has 1 N–H and O–H groups in total. The van der Waals surface area contributed by atoms with Gasteiger partial charge in [-0.15, -0.1) is 0 Å². The van der Waals surface area contributed by atoms with Crippen molar-refractivity contribution in [3.05, 3.63) is 35.9 Å². The summed E-state index contributed by atoms with van der Waals surface area (Å²) in [5, 5.41) is 2.72. The first-order valence-corrected chi connectivity index (χ1v) is 8.31. The van der Waals surface area contributed by atoms with Crippen molar-refractivity contribution < 1.29 is 13.2 Å². The van der Waals surface area contributed by atoms with Crippen LogP contribution in [0.15, 0.2) is 30.3 Å². The molecule has 1 saturated heterocycles. The van der Waals surface area contributed by atoms with E-state index in [2.05, 4.69) is 5.32 Å². The van der Waals surface area contributed by atoms with Crippen LogP contribution in [0.5, 0.6) is 0 Å². The van der Waals surface area contributed by atoms with Gasteiger partial charge in [0.15, 0.2) is 9.84 Å². The fourth-order valence-electron chi connectivity index (χ4n) is 2.57. The van der Waals surface area contributed by atoms with Crippen LogP contribution in [0.3, 0.4) is 0 Å². The monoisotopic (exact) mass is 283 g/mol. The van der Waals surface area contributed by atoms with Crippen molar-refractivity contribution in [2.75, 3.05) is 19.4 Å². The predicted octanol–water partition coefficient (Wildman–Crippen LogP) is 1.54. The fraction of sp³-hybridized carbons (Fsp3) is 0.571. The van der Waals surface area contributed by atoms with Crippen molar-refractivity contribution in [2.24, 2.45) is 0 Å². The molecule has 1 aromatic carbocycles. The molecule has 1 aromatic rings. The van der Waals surface area contributed by atoms with Gasteiger partial charge in [-0.25, -0.2) is 8.42 Å². The van der Waals surface area contributed by atoms with Gasteiger partial charge in [-0.3, -0.25) is 0 Å². The molecule has 0 saturated carbocycles. The average molecular weight is 283 g/mol. The molecule has 5 heteroatoms. The highest BCUT2D eigenvalue weighted by atomic mass is 32.2. The molecule has 3 atom stereocenters. The zero-order chi connectivity index (χ0) is 13.9. The predicted molar refractivity (Wildman–Crippen MR) is 75.8 cm³/mol. The van der Waals surface area contributed by atoms with Gasteiger partial charge in [0.25, 0.3) is 0 Å². The second-order valence-corrected chi connectivity index (χ2v) is 7.25. The highest BCUT2D eigenvalue weighted by Crippen LogP contribution is 2.25. The van der Waals surface area contributed by atoms with Crippen LogP contribution in [0.2, 0.25) is 0 Å². The molecule has 106 valence electrons. The van der Waals surface area contributed by atoms with Crippen molar-refractivity contribution in [2.45, 2.75) is 30.7 Å². The Morgan fingerprint density at radius 2 is 2.05 bits per heavy atom. The third kappa shape index (κ3) is 3.35. The summed E-state index contributed by atoms with van der Waals surface area (Å²) >= 11 is 0. The van der Waals surface area contributed by atoms with E-state index in [-0.39, 0.29) is 23.1 Å². The summed E-state index contributed by atoms with van der Waals surface area (Å²) in [7, 11) is -1.36. The van der Waals surface area contributed by atoms with E-state index in [0.717, 1.165) is 5.56 Å². The summed E-state index contributed by atoms with van der Waals surface area (Å²) in [6.07, 6.45) is 0.410. The van der Waals surface area contributed by atoms with E-state index in [1.54, 1.807) is 7.05 Å². The lowest BCUT2D eigenvalue weighted by atomic mass is 10.1. The van der Waals surface area contributed by atoms with Crippen molar-refractivity contribution in [3.63, 3.8) is 0 Å². The smallest absolute Gasteiger partial charge is 0.157 e. The van der Waals surface area contributed by atoms with E-state index in [9.17, 15) is 8.42 Å². The van der Waals surface area contributed by atoms with Gasteiger partial charge in [0.2, 0.25) is 0 Å². The molecule has 3 unspecified atom stereocenters. The third-order valence-electron chi connectivity index (χ3n) is 3.72. The second kappa shape index (κ2) is 6.03. The number of ether oxygens (including phenoxy) is 1. The van der Waals surface area contributed by atoms with Gasteiger partial charge in [-0.05, 0) is 26.0 Å². The second-order valence-electron chi connectivity index (χ2n) is 4.98. The minimum atomic E-state index is -3.16. The Balaban J connectivity index is 2.14. The summed E-state index contributed by atoms with van der Waals surface area (Å²) in [5.74, 6) is 0.117. The Morgan fingerprint density at radius 1 is 1.37 bits per heavy atom. The molecule has 0 radical (unpaired) electrons. The number of sulfone groups is 1. The lowest BCUT2D eigenvalue weighted by molar-refractivity contribution is 0.126. The van der Waals surface area contributed by atoms with Crippen LogP contribution >= 0.6 is 0 Å². The molecule has 0 amide bonds. The van der Waals surface area contributed by atoms with Crippen LogP contribution in [0.25, 0.3) is 0 Å². The van der Waals surface area contributed by atoms with Crippen molar-refractivity contribution in [3.8, 4) is 0 Å². The maximum absolute atomic E-state index is 12.5. The van der Waals surface area contributed by atoms with Crippen LogP contribution in [0.1, 0.15) is 24.9 Å². The quantitative estimate of drug-likeness (QED) is 0.890. The number of benzene rings is 1. The van der Waals surface area contributed by atoms with E-state index < -0.39 is 9.84 Å². The Bertz CT molecular complexity index is 501. The molecule has 0 spiro atoms. The zero-order valence-corrected chi connectivity index (χ0v) is 12.2. The van der Waals surface area contributed by atoms with Gasteiger partial charge < -0.3 is 10.1 Å². The van der Waals surface area contributed by atoms with Crippen molar-refractivity contribution in [1.82, 2.24) is 5.32 Å². The molecule has 1 aliphatic rings. The normalized spacial score (nSPS) is 25.4.